The summed E-state index contributed by atoms with van der Waals surface area (Å²) in [6.45, 7) is 0. The maximum Gasteiger partial charge on any atom is 0.231 e. The number of aromatic nitrogens is 8. The minimum atomic E-state index is 0.567. The molecule has 0 saturated carbocycles. The van der Waals surface area contributed by atoms with Crippen LogP contribution >= 0.6 is 11.3 Å². The van der Waals surface area contributed by atoms with Crippen LogP contribution in [0.15, 0.2) is 381 Å². The van der Waals surface area contributed by atoms with E-state index in [1.165, 1.54) is 102 Å². The van der Waals surface area contributed by atoms with E-state index in [-0.39, 0.29) is 0 Å². The Hall–Kier alpha value is -15.1. The van der Waals surface area contributed by atoms with E-state index in [0.29, 0.717) is 11.5 Å². The Kier molecular flexibility index (Phi) is 14.1. The molecule has 0 aliphatic heterocycles. The summed E-state index contributed by atoms with van der Waals surface area (Å²) in [5, 5.41) is 21.2. The highest BCUT2D eigenvalue weighted by Crippen LogP contribution is 2.46. The highest BCUT2D eigenvalue weighted by molar-refractivity contribution is 7.25. The number of thiophene rings is 1. The smallest absolute Gasteiger partial charge is 0.231 e. The van der Waals surface area contributed by atoms with Crippen molar-refractivity contribution in [2.75, 3.05) is 0 Å². The number of fused-ring (bicyclic) bond motifs is 21. The fraction of sp³-hybridized carbons (Fsp3) is 0. The molecule has 0 atom stereocenters. The van der Waals surface area contributed by atoms with E-state index in [1.54, 1.807) is 11.3 Å². The Balaban J connectivity index is 0.000000132. The van der Waals surface area contributed by atoms with Gasteiger partial charge >= 0.3 is 0 Å². The van der Waals surface area contributed by atoms with Gasteiger partial charge in [-0.05, 0) is 142 Å². The SMILES string of the molecule is c1ccc(-n2c3ccccc3c3ccc(-c4nc(-c5ccc(-n6c7ccccc7c7cc8ccccc8cc76)cc5)c5c(n4)sc4ccccc45)cc32)cc1.c1ccc(-n2c3ccccc3c3ccc(-c4nc(-c5cccc6c(-n7c8ccccc8c8cc9ccccc9cc87)cccc56)c5c(n4)oc4ccccc45)cc32)cc1. The molecular formula is C104H62N8OS. The van der Waals surface area contributed by atoms with Crippen molar-refractivity contribution in [1.29, 1.82) is 0 Å². The number of nitrogens with zero attached hydrogens (tertiary/aromatic N) is 8. The van der Waals surface area contributed by atoms with Gasteiger partial charge in [-0.25, -0.2) is 15.0 Å². The van der Waals surface area contributed by atoms with Gasteiger partial charge in [-0.3, -0.25) is 0 Å². The third-order valence-corrected chi connectivity index (χ3v) is 24.3. The van der Waals surface area contributed by atoms with E-state index in [4.69, 9.17) is 24.4 Å². The van der Waals surface area contributed by atoms with Crippen molar-refractivity contribution in [2.24, 2.45) is 0 Å². The Bertz CT molecular complexity index is 8310. The van der Waals surface area contributed by atoms with E-state index in [1.807, 2.05) is 12.1 Å². The van der Waals surface area contributed by atoms with Gasteiger partial charge in [0.25, 0.3) is 0 Å². The predicted octanol–water partition coefficient (Wildman–Crippen LogP) is 27.7. The molecule has 17 aromatic carbocycles. The Morgan fingerprint density at radius 2 is 0.649 bits per heavy atom. The van der Waals surface area contributed by atoms with Crippen LogP contribution in [0, 0.1) is 0 Å². The van der Waals surface area contributed by atoms with E-state index >= 15 is 0 Å². The fourth-order valence-electron chi connectivity index (χ4n) is 18.1. The Labute approximate surface area is 655 Å². The molecule has 0 N–H and O–H groups in total. The summed E-state index contributed by atoms with van der Waals surface area (Å²) in [6, 6.07) is 135. The molecular weight excluding hydrogens is 1410 g/mol. The zero-order valence-electron chi connectivity index (χ0n) is 61.2. The van der Waals surface area contributed by atoms with Gasteiger partial charge in [-0.15, -0.1) is 11.3 Å². The molecule has 0 bridgehead atoms. The molecule has 8 aromatic heterocycles. The van der Waals surface area contributed by atoms with E-state index in [9.17, 15) is 0 Å². The molecule has 530 valence electrons. The number of benzene rings is 17. The Morgan fingerprint density at radius 1 is 0.237 bits per heavy atom. The molecule has 0 radical (unpaired) electrons. The molecule has 8 heterocycles. The molecule has 0 aliphatic carbocycles. The zero-order chi connectivity index (χ0) is 74.6. The lowest BCUT2D eigenvalue weighted by Gasteiger charge is -2.15. The molecule has 114 heavy (non-hydrogen) atoms. The highest BCUT2D eigenvalue weighted by Gasteiger charge is 2.25. The predicted molar refractivity (Wildman–Crippen MR) is 476 cm³/mol. The molecule has 9 nitrogen and oxygen atoms in total. The van der Waals surface area contributed by atoms with Crippen molar-refractivity contribution in [3.05, 3.63) is 376 Å². The first-order chi connectivity index (χ1) is 56.5. The molecule has 0 fully saturated rings. The summed E-state index contributed by atoms with van der Waals surface area (Å²) in [7, 11) is 0. The molecule has 0 spiro atoms. The van der Waals surface area contributed by atoms with Gasteiger partial charge in [0.1, 0.15) is 10.4 Å². The second-order valence-corrected chi connectivity index (χ2v) is 30.6. The van der Waals surface area contributed by atoms with Gasteiger partial charge < -0.3 is 22.7 Å². The van der Waals surface area contributed by atoms with Crippen molar-refractivity contribution in [2.45, 2.75) is 0 Å². The molecule has 0 unspecified atom stereocenters. The molecule has 0 aliphatic rings. The quantitative estimate of drug-likeness (QED) is 0.151. The minimum absolute atomic E-state index is 0.567. The van der Waals surface area contributed by atoms with Crippen LogP contribution in [-0.2, 0) is 0 Å². The summed E-state index contributed by atoms with van der Waals surface area (Å²) >= 11 is 1.73. The summed E-state index contributed by atoms with van der Waals surface area (Å²) in [5.41, 5.74) is 20.9. The molecule has 25 rings (SSSR count). The molecule has 25 aromatic rings. The van der Waals surface area contributed by atoms with Crippen LogP contribution in [0.3, 0.4) is 0 Å². The lowest BCUT2D eigenvalue weighted by molar-refractivity contribution is 0.653. The van der Waals surface area contributed by atoms with Crippen molar-refractivity contribution in [3.8, 4) is 68.0 Å². The first kappa shape index (κ1) is 63.8. The lowest BCUT2D eigenvalue weighted by Crippen LogP contribution is -1.98. The number of furan rings is 1. The van der Waals surface area contributed by atoms with Crippen molar-refractivity contribution in [3.63, 3.8) is 0 Å². The largest absolute Gasteiger partial charge is 0.438 e. The number of para-hydroxylation sites is 7. The minimum Gasteiger partial charge on any atom is -0.438 e. The first-order valence-corrected chi connectivity index (χ1v) is 39.4. The van der Waals surface area contributed by atoms with Crippen LogP contribution in [0.5, 0.6) is 0 Å². The van der Waals surface area contributed by atoms with Gasteiger partial charge in [0.05, 0.1) is 66.6 Å². The van der Waals surface area contributed by atoms with Crippen molar-refractivity contribution >= 4 is 173 Å². The van der Waals surface area contributed by atoms with Gasteiger partial charge in [-0.2, -0.15) is 4.98 Å². The second-order valence-electron chi connectivity index (χ2n) is 29.6. The third-order valence-electron chi connectivity index (χ3n) is 23.2. The normalized spacial score (nSPS) is 12.0. The fourth-order valence-corrected chi connectivity index (χ4v) is 19.2. The zero-order valence-corrected chi connectivity index (χ0v) is 62.0. The summed E-state index contributed by atoms with van der Waals surface area (Å²) in [4.78, 5) is 22.4. The van der Waals surface area contributed by atoms with Crippen molar-refractivity contribution in [1.82, 2.24) is 38.2 Å². The van der Waals surface area contributed by atoms with E-state index in [0.717, 1.165) is 116 Å². The summed E-state index contributed by atoms with van der Waals surface area (Å²) in [5.74, 6) is 1.33. The Morgan fingerprint density at radius 3 is 1.24 bits per heavy atom. The average Bonchev–Trinajstić information content (AvgIpc) is 1.53. The maximum absolute atomic E-state index is 6.57. The highest BCUT2D eigenvalue weighted by atomic mass is 32.1. The van der Waals surface area contributed by atoms with Crippen LogP contribution < -0.4 is 0 Å². The van der Waals surface area contributed by atoms with Crippen LogP contribution in [-0.4, -0.2) is 38.2 Å². The van der Waals surface area contributed by atoms with Crippen molar-refractivity contribution < 1.29 is 4.42 Å². The number of hydrogen-bond donors (Lipinski definition) is 0. The van der Waals surface area contributed by atoms with E-state index in [2.05, 4.69) is 382 Å². The maximum atomic E-state index is 6.57. The molecule has 0 saturated heterocycles. The number of rotatable bonds is 8. The lowest BCUT2D eigenvalue weighted by atomic mass is 9.98. The second kappa shape index (κ2) is 25.2. The van der Waals surface area contributed by atoms with Crippen LogP contribution in [0.4, 0.5) is 0 Å². The third kappa shape index (κ3) is 9.84. The van der Waals surface area contributed by atoms with Crippen LogP contribution in [0.2, 0.25) is 0 Å². The molecule has 0 amide bonds. The van der Waals surface area contributed by atoms with Gasteiger partial charge in [0.15, 0.2) is 11.6 Å². The van der Waals surface area contributed by atoms with Gasteiger partial charge in [-0.1, -0.05) is 261 Å². The van der Waals surface area contributed by atoms with E-state index < -0.39 is 0 Å². The van der Waals surface area contributed by atoms with Gasteiger partial charge in [0.2, 0.25) is 5.71 Å². The summed E-state index contributed by atoms with van der Waals surface area (Å²) in [6.07, 6.45) is 0. The topological polar surface area (TPSA) is 84.4 Å². The standard InChI is InChI=1S/C54H32N4O.C50H30N4S/c1-2-16-36(17-3-1)57-45-24-9-6-18-39(45)41-29-28-35(32-48(41)57)53-55-52(51-43-20-8-11-27-50(43)59-54(51)56-53)42-23-12-22-38-37(42)21-13-26-47(38)58-46-25-10-7-19-40(46)44-30-33-14-4-5-15-34(33)31-49(44)58;1-2-14-35(15-3-1)53-42-19-9-6-16-37(42)39-27-24-34(30-44(39)53)49-51-48(47-40-18-8-11-21-46(40)55-50(47)52-49)31-22-25-36(26-23-31)54-43-20-10-7-17-38(43)41-28-32-12-4-5-13-33(32)29-45(41)54/h1-32H;1-30H. The monoisotopic (exact) mass is 1470 g/mol. The average molecular weight is 1470 g/mol. The van der Waals surface area contributed by atoms with Gasteiger partial charge in [0, 0.05) is 109 Å². The molecule has 10 heteroatoms. The van der Waals surface area contributed by atoms with Crippen LogP contribution in [0.1, 0.15) is 0 Å². The van der Waals surface area contributed by atoms with Crippen LogP contribution in [0.25, 0.3) is 230 Å². The summed E-state index contributed by atoms with van der Waals surface area (Å²) < 4.78 is 17.3. The number of hydrogen-bond acceptors (Lipinski definition) is 6. The first-order valence-electron chi connectivity index (χ1n) is 38.6.